The smallest absolute Gasteiger partial charge is 0.352 e. The molecular weight excluding hydrogens is 248 g/mol. The van der Waals surface area contributed by atoms with Crippen LogP contribution in [0.15, 0.2) is 0 Å². The van der Waals surface area contributed by atoms with Crippen molar-refractivity contribution in [2.24, 2.45) is 0 Å². The molecule has 1 N–H and O–H groups in total. The first kappa shape index (κ1) is 18.7. The summed E-state index contributed by atoms with van der Waals surface area (Å²) in [4.78, 5) is 37.5. The molecule has 8 heteroatoms. The highest BCUT2D eigenvalue weighted by Gasteiger charge is 1.95. The van der Waals surface area contributed by atoms with E-state index in [0.29, 0.717) is 13.2 Å². The molecule has 106 valence electrons. The van der Waals surface area contributed by atoms with Crippen molar-refractivity contribution in [2.75, 3.05) is 26.4 Å². The minimum Gasteiger partial charge on any atom is -0.463 e. The van der Waals surface area contributed by atoms with Crippen LogP contribution >= 0.6 is 0 Å². The molecule has 0 aliphatic heterocycles. The molecule has 0 aliphatic rings. The lowest BCUT2D eigenvalue weighted by Gasteiger charge is -2.01. The number of aliphatic hydroxyl groups is 1. The molecule has 0 aliphatic carbocycles. The predicted octanol–water partition coefficient (Wildman–Crippen LogP) is -0.414. The molecule has 0 saturated heterocycles. The average Bonchev–Trinajstić information content (AvgIpc) is 2.26. The highest BCUT2D eigenvalue weighted by molar-refractivity contribution is 5.69. The van der Waals surface area contributed by atoms with Gasteiger partial charge in [0.15, 0.2) is 0 Å². The van der Waals surface area contributed by atoms with Gasteiger partial charge in [-0.25, -0.2) is 19.4 Å². The third-order valence-electron chi connectivity index (χ3n) is 1.04. The molecule has 0 aromatic heterocycles. The number of carbonyl (C=O) groups excluding carboxylic acids is 3. The molecule has 0 saturated carbocycles. The van der Waals surface area contributed by atoms with E-state index in [4.69, 9.17) is 9.84 Å². The van der Waals surface area contributed by atoms with Crippen LogP contribution in [0, 0.1) is 0 Å². The van der Waals surface area contributed by atoms with Crippen LogP contribution in [0.1, 0.15) is 20.8 Å². The lowest BCUT2D eigenvalue weighted by atomic mass is 10.7. The van der Waals surface area contributed by atoms with Crippen LogP contribution in [0.25, 0.3) is 0 Å². The van der Waals surface area contributed by atoms with E-state index in [1.54, 1.807) is 0 Å². The van der Waals surface area contributed by atoms with E-state index in [9.17, 15) is 14.4 Å². The number of aliphatic hydroxyl groups excluding tert-OH is 1. The second-order valence-corrected chi connectivity index (χ2v) is 2.83. The fraction of sp³-hybridized carbons (Fsp3) is 0.700. The van der Waals surface area contributed by atoms with E-state index in [2.05, 4.69) is 14.5 Å². The zero-order valence-electron chi connectivity index (χ0n) is 10.6. The number of esters is 1. The van der Waals surface area contributed by atoms with E-state index in [1.165, 1.54) is 6.92 Å². The maximum absolute atomic E-state index is 10.1. The average molecular weight is 266 g/mol. The lowest BCUT2D eigenvalue weighted by molar-refractivity contribution is -0.255. The fourth-order valence-corrected chi connectivity index (χ4v) is 0.528. The maximum atomic E-state index is 10.1. The lowest BCUT2D eigenvalue weighted by Crippen LogP contribution is -2.09. The first-order valence-electron chi connectivity index (χ1n) is 5.07. The minimum absolute atomic E-state index is 0.0000709. The Hall–Kier alpha value is -1.67. The molecule has 0 bridgehead atoms. The van der Waals surface area contributed by atoms with Gasteiger partial charge in [0, 0.05) is 20.8 Å². The minimum atomic E-state index is -0.639. The van der Waals surface area contributed by atoms with Gasteiger partial charge in [0.25, 0.3) is 0 Å². The van der Waals surface area contributed by atoms with Gasteiger partial charge >= 0.3 is 17.9 Å². The predicted molar refractivity (Wildman–Crippen MR) is 58.1 cm³/mol. The number of ether oxygens (including phenoxy) is 2. The highest BCUT2D eigenvalue weighted by Crippen LogP contribution is 1.79. The second kappa shape index (κ2) is 13.4. The zero-order chi connectivity index (χ0) is 14.4. The molecule has 0 atom stereocenters. The van der Waals surface area contributed by atoms with Gasteiger partial charge in [-0.2, -0.15) is 0 Å². The van der Waals surface area contributed by atoms with E-state index in [-0.39, 0.29) is 19.2 Å². The molecule has 0 unspecified atom stereocenters. The summed E-state index contributed by atoms with van der Waals surface area (Å²) in [5, 5.41) is 8.24. The first-order chi connectivity index (χ1) is 8.40. The Kier molecular flexibility index (Phi) is 13.9. The normalized spacial score (nSPS) is 8.67. The topological polar surface area (TPSA) is 108 Å². The highest BCUT2D eigenvalue weighted by atomic mass is 17.2. The van der Waals surface area contributed by atoms with E-state index in [0.717, 1.165) is 13.8 Å². The van der Waals surface area contributed by atoms with Gasteiger partial charge in [0.1, 0.15) is 6.61 Å². The van der Waals surface area contributed by atoms with Crippen LogP contribution in [0.4, 0.5) is 0 Å². The standard InChI is InChI=1S/C6H12O4.C4H6O4/c1-6(8)10-5-4-9-3-2-7;1-3(5)7-8-4(2)6/h7H,2-5H2,1H3;1-2H3. The van der Waals surface area contributed by atoms with E-state index in [1.807, 2.05) is 0 Å². The molecule has 0 rings (SSSR count). The van der Waals surface area contributed by atoms with Crippen LogP contribution in [0.5, 0.6) is 0 Å². The van der Waals surface area contributed by atoms with Crippen LogP contribution in [0.3, 0.4) is 0 Å². The van der Waals surface area contributed by atoms with Crippen molar-refractivity contribution in [3.63, 3.8) is 0 Å². The van der Waals surface area contributed by atoms with Gasteiger partial charge < -0.3 is 14.6 Å². The molecule has 0 heterocycles. The summed E-state index contributed by atoms with van der Waals surface area (Å²) < 4.78 is 9.35. The Balaban J connectivity index is 0. The molecule has 0 amide bonds. The Morgan fingerprint density at radius 3 is 1.67 bits per heavy atom. The first-order valence-corrected chi connectivity index (χ1v) is 5.07. The Morgan fingerprint density at radius 1 is 0.833 bits per heavy atom. The Morgan fingerprint density at radius 2 is 1.33 bits per heavy atom. The number of hydrogen-bond donors (Lipinski definition) is 1. The van der Waals surface area contributed by atoms with Crippen molar-refractivity contribution < 1.29 is 38.7 Å². The summed E-state index contributed by atoms with van der Waals surface area (Å²) in [5.41, 5.74) is 0. The molecule has 0 aromatic carbocycles. The maximum Gasteiger partial charge on any atom is 0.352 e. The third kappa shape index (κ3) is 23.9. The molecule has 18 heavy (non-hydrogen) atoms. The van der Waals surface area contributed by atoms with Gasteiger partial charge in [-0.15, -0.1) is 0 Å². The van der Waals surface area contributed by atoms with Gasteiger partial charge in [-0.3, -0.25) is 4.79 Å². The summed E-state index contributed by atoms with van der Waals surface area (Å²) in [5.74, 6) is -1.59. The summed E-state index contributed by atoms with van der Waals surface area (Å²) >= 11 is 0. The second-order valence-electron chi connectivity index (χ2n) is 2.83. The summed E-state index contributed by atoms with van der Waals surface area (Å²) in [7, 11) is 0. The SMILES string of the molecule is CC(=O)OCCOCCO.CC(=O)OOC(C)=O. The fourth-order valence-electron chi connectivity index (χ4n) is 0.528. The summed E-state index contributed by atoms with van der Waals surface area (Å²) in [6.45, 7) is 4.52. The van der Waals surface area contributed by atoms with Crippen LogP contribution in [-0.4, -0.2) is 49.4 Å². The van der Waals surface area contributed by atoms with E-state index < -0.39 is 11.9 Å². The van der Waals surface area contributed by atoms with Gasteiger partial charge in [0.05, 0.1) is 19.8 Å². The van der Waals surface area contributed by atoms with Gasteiger partial charge in [-0.1, -0.05) is 0 Å². The van der Waals surface area contributed by atoms with E-state index >= 15 is 0 Å². The largest absolute Gasteiger partial charge is 0.463 e. The van der Waals surface area contributed by atoms with Crippen molar-refractivity contribution >= 4 is 17.9 Å². The molecule has 8 nitrogen and oxygen atoms in total. The van der Waals surface area contributed by atoms with Crippen LogP contribution in [-0.2, 0) is 33.6 Å². The monoisotopic (exact) mass is 266 g/mol. The van der Waals surface area contributed by atoms with Crippen molar-refractivity contribution in [1.82, 2.24) is 0 Å². The van der Waals surface area contributed by atoms with Gasteiger partial charge in [-0.05, 0) is 0 Å². The zero-order valence-corrected chi connectivity index (χ0v) is 10.6. The van der Waals surface area contributed by atoms with Crippen molar-refractivity contribution in [3.05, 3.63) is 0 Å². The number of rotatable bonds is 5. The van der Waals surface area contributed by atoms with Crippen molar-refractivity contribution in [3.8, 4) is 0 Å². The van der Waals surface area contributed by atoms with Crippen LogP contribution in [0.2, 0.25) is 0 Å². The summed E-state index contributed by atoms with van der Waals surface area (Å²) in [6.07, 6.45) is 0. The third-order valence-corrected chi connectivity index (χ3v) is 1.04. The molecule has 0 fully saturated rings. The number of hydrogen-bond acceptors (Lipinski definition) is 8. The van der Waals surface area contributed by atoms with Gasteiger partial charge in [0.2, 0.25) is 0 Å². The molecule has 0 radical (unpaired) electrons. The quantitative estimate of drug-likeness (QED) is 0.309. The molecular formula is C10H18O8. The Labute approximate surface area is 105 Å². The number of carbonyl (C=O) groups is 3. The summed E-state index contributed by atoms with van der Waals surface area (Å²) in [6, 6.07) is 0. The van der Waals surface area contributed by atoms with Crippen molar-refractivity contribution in [2.45, 2.75) is 20.8 Å². The molecule has 0 spiro atoms. The van der Waals surface area contributed by atoms with Crippen molar-refractivity contribution in [1.29, 1.82) is 0 Å². The molecule has 0 aromatic rings. The van der Waals surface area contributed by atoms with Crippen LogP contribution < -0.4 is 0 Å². The Bertz CT molecular complexity index is 236.